The second-order valence-corrected chi connectivity index (χ2v) is 9.48. The largest absolute Gasteiger partial charge is 0.480 e. The number of hydrogen-bond donors (Lipinski definition) is 10. The number of carbonyl (C=O) groups excluding carboxylic acids is 4. The molecule has 40 heavy (non-hydrogen) atoms. The van der Waals surface area contributed by atoms with Crippen LogP contribution in [-0.4, -0.2) is 95.6 Å². The number of amides is 4. The first kappa shape index (κ1) is 35.9. The Kier molecular flexibility index (Phi) is 17.0. The third-order valence-corrected chi connectivity index (χ3v) is 5.35. The standard InChI is InChI=1S/C23H44N10O7/c1-12(2)10-16(30-13(3)35)19(37)31-14(6-4-8-28-22(24)25)18(36)33-17(11-34)20(38)32-15(21(39)40)7-5-9-29-23(26)27/h12,14-17,34H,4-11H2,1-3H3,(H,30,35)(H,31,37)(H,32,38)(H,33,36)(H,39,40)(H4,24,25,28)(H4,26,27,29)/t14-,15-,16-,17-/m0/s1. The van der Waals surface area contributed by atoms with Gasteiger partial charge in [-0.15, -0.1) is 0 Å². The Labute approximate surface area is 233 Å². The van der Waals surface area contributed by atoms with Crippen molar-refractivity contribution in [3.8, 4) is 0 Å². The van der Waals surface area contributed by atoms with E-state index >= 15 is 0 Å². The highest BCUT2D eigenvalue weighted by Crippen LogP contribution is 2.08. The average molecular weight is 573 g/mol. The van der Waals surface area contributed by atoms with Crippen LogP contribution in [0.2, 0.25) is 0 Å². The lowest BCUT2D eigenvalue weighted by molar-refractivity contribution is -0.142. The summed E-state index contributed by atoms with van der Waals surface area (Å²) in [5, 5.41) is 28.9. The summed E-state index contributed by atoms with van der Waals surface area (Å²) in [6.45, 7) is 4.41. The summed E-state index contributed by atoms with van der Waals surface area (Å²) in [5.41, 5.74) is 21.1. The zero-order chi connectivity index (χ0) is 30.8. The van der Waals surface area contributed by atoms with Crippen LogP contribution >= 0.6 is 0 Å². The first-order chi connectivity index (χ1) is 18.7. The van der Waals surface area contributed by atoms with E-state index in [4.69, 9.17) is 22.9 Å². The topological polar surface area (TPSA) is 303 Å². The van der Waals surface area contributed by atoms with Crippen molar-refractivity contribution in [1.82, 2.24) is 21.3 Å². The first-order valence-corrected chi connectivity index (χ1v) is 12.8. The van der Waals surface area contributed by atoms with E-state index in [2.05, 4.69) is 31.3 Å². The molecule has 0 aromatic rings. The number of nitrogens with zero attached hydrogens (tertiary/aromatic N) is 2. The van der Waals surface area contributed by atoms with Gasteiger partial charge in [-0.3, -0.25) is 29.2 Å². The Bertz CT molecular complexity index is 918. The predicted molar refractivity (Wildman–Crippen MR) is 147 cm³/mol. The molecule has 0 aliphatic carbocycles. The second kappa shape index (κ2) is 19.0. The first-order valence-electron chi connectivity index (χ1n) is 12.8. The zero-order valence-electron chi connectivity index (χ0n) is 23.2. The molecule has 0 rings (SSSR count). The summed E-state index contributed by atoms with van der Waals surface area (Å²) in [6, 6.07) is -4.97. The van der Waals surface area contributed by atoms with Gasteiger partial charge >= 0.3 is 5.97 Å². The molecule has 4 amide bonds. The van der Waals surface area contributed by atoms with Crippen LogP contribution in [0.4, 0.5) is 0 Å². The van der Waals surface area contributed by atoms with Crippen LogP contribution in [0.3, 0.4) is 0 Å². The minimum Gasteiger partial charge on any atom is -0.480 e. The van der Waals surface area contributed by atoms with Crippen LogP contribution in [0.25, 0.3) is 0 Å². The zero-order valence-corrected chi connectivity index (χ0v) is 23.2. The third kappa shape index (κ3) is 16.0. The lowest BCUT2D eigenvalue weighted by atomic mass is 10.0. The molecule has 0 fully saturated rings. The van der Waals surface area contributed by atoms with Crippen LogP contribution < -0.4 is 44.2 Å². The fourth-order valence-corrected chi connectivity index (χ4v) is 3.49. The smallest absolute Gasteiger partial charge is 0.326 e. The number of aliphatic imine (C=N–C) groups is 2. The Morgan fingerprint density at radius 2 is 1.12 bits per heavy atom. The van der Waals surface area contributed by atoms with Crippen molar-refractivity contribution < 1.29 is 34.2 Å². The van der Waals surface area contributed by atoms with Crippen molar-refractivity contribution in [2.75, 3.05) is 19.7 Å². The van der Waals surface area contributed by atoms with Crippen LogP contribution in [0.1, 0.15) is 52.9 Å². The summed E-state index contributed by atoms with van der Waals surface area (Å²) in [6.07, 6.45) is 0.827. The Morgan fingerprint density at radius 1 is 0.700 bits per heavy atom. The van der Waals surface area contributed by atoms with Gasteiger partial charge in [-0.25, -0.2) is 4.79 Å². The van der Waals surface area contributed by atoms with E-state index in [9.17, 15) is 34.2 Å². The number of rotatable bonds is 19. The highest BCUT2D eigenvalue weighted by molar-refractivity contribution is 5.95. The molecule has 0 spiro atoms. The number of guanidine groups is 2. The number of carboxylic acids is 1. The molecular formula is C23H44N10O7. The van der Waals surface area contributed by atoms with Gasteiger partial charge < -0.3 is 54.4 Å². The molecule has 0 aliphatic heterocycles. The molecule has 0 heterocycles. The van der Waals surface area contributed by atoms with E-state index in [-0.39, 0.29) is 56.6 Å². The molecule has 0 saturated heterocycles. The molecule has 17 heteroatoms. The van der Waals surface area contributed by atoms with E-state index in [1.807, 2.05) is 13.8 Å². The molecule has 0 aromatic heterocycles. The van der Waals surface area contributed by atoms with Crippen LogP contribution in [-0.2, 0) is 24.0 Å². The summed E-state index contributed by atoms with van der Waals surface area (Å²) in [4.78, 5) is 69.5. The maximum Gasteiger partial charge on any atom is 0.326 e. The highest BCUT2D eigenvalue weighted by atomic mass is 16.4. The van der Waals surface area contributed by atoms with E-state index in [0.29, 0.717) is 6.42 Å². The maximum absolute atomic E-state index is 13.1. The number of carbonyl (C=O) groups is 5. The van der Waals surface area contributed by atoms with Crippen molar-refractivity contribution in [2.45, 2.75) is 77.0 Å². The second-order valence-electron chi connectivity index (χ2n) is 9.48. The number of hydrogen-bond acceptors (Lipinski definition) is 8. The predicted octanol–water partition coefficient (Wildman–Crippen LogP) is -3.82. The summed E-state index contributed by atoms with van der Waals surface area (Å²) in [5.74, 6) is -4.44. The quantitative estimate of drug-likeness (QED) is 0.0406. The summed E-state index contributed by atoms with van der Waals surface area (Å²) in [7, 11) is 0. The lowest BCUT2D eigenvalue weighted by Gasteiger charge is -2.25. The van der Waals surface area contributed by atoms with Crippen molar-refractivity contribution in [3.63, 3.8) is 0 Å². The molecule has 228 valence electrons. The molecule has 4 atom stereocenters. The van der Waals surface area contributed by atoms with Gasteiger partial charge in [0.25, 0.3) is 0 Å². The van der Waals surface area contributed by atoms with Gasteiger partial charge in [-0.05, 0) is 38.0 Å². The molecule has 0 aliphatic rings. The number of aliphatic carboxylic acids is 1. The SMILES string of the molecule is CC(=O)N[C@@H](CC(C)C)C(=O)N[C@@H](CCCN=C(N)N)C(=O)N[C@@H](CO)C(=O)N[C@@H](CCCN=C(N)N)C(=O)O. The van der Waals surface area contributed by atoms with E-state index in [1.165, 1.54) is 6.92 Å². The monoisotopic (exact) mass is 572 g/mol. The number of nitrogens with one attached hydrogen (secondary N) is 4. The van der Waals surface area contributed by atoms with Crippen molar-refractivity contribution in [1.29, 1.82) is 0 Å². The van der Waals surface area contributed by atoms with Crippen LogP contribution in [0.5, 0.6) is 0 Å². The van der Waals surface area contributed by atoms with E-state index < -0.39 is 60.4 Å². The Hall–Kier alpha value is -4.15. The maximum atomic E-state index is 13.1. The molecule has 14 N–H and O–H groups in total. The fraction of sp³-hybridized carbons (Fsp3) is 0.696. The minimum absolute atomic E-state index is 0.0200. The molecule has 0 radical (unpaired) electrons. The van der Waals surface area contributed by atoms with Crippen LogP contribution in [0, 0.1) is 5.92 Å². The van der Waals surface area contributed by atoms with E-state index in [1.54, 1.807) is 0 Å². The number of aliphatic hydroxyl groups is 1. The van der Waals surface area contributed by atoms with Crippen LogP contribution in [0.15, 0.2) is 9.98 Å². The van der Waals surface area contributed by atoms with E-state index in [0.717, 1.165) is 0 Å². The third-order valence-electron chi connectivity index (χ3n) is 5.35. The molecule has 0 unspecified atom stereocenters. The van der Waals surface area contributed by atoms with Gasteiger partial charge in [-0.1, -0.05) is 13.8 Å². The van der Waals surface area contributed by atoms with Gasteiger partial charge in [0.05, 0.1) is 6.61 Å². The van der Waals surface area contributed by atoms with Gasteiger partial charge in [0, 0.05) is 20.0 Å². The molecule has 0 bridgehead atoms. The fourth-order valence-electron chi connectivity index (χ4n) is 3.49. The summed E-state index contributed by atoms with van der Waals surface area (Å²) >= 11 is 0. The van der Waals surface area contributed by atoms with Crippen molar-refractivity contribution >= 4 is 41.5 Å². The Morgan fingerprint density at radius 3 is 1.55 bits per heavy atom. The normalized spacial score (nSPS) is 13.6. The van der Waals surface area contributed by atoms with Gasteiger partial charge in [0.2, 0.25) is 23.6 Å². The molecular weight excluding hydrogens is 528 g/mol. The number of aliphatic hydroxyl groups excluding tert-OH is 1. The van der Waals surface area contributed by atoms with Crippen molar-refractivity contribution in [2.24, 2.45) is 38.8 Å². The molecule has 0 aromatic carbocycles. The lowest BCUT2D eigenvalue weighted by Crippen LogP contribution is -2.58. The van der Waals surface area contributed by atoms with Gasteiger partial charge in [0.15, 0.2) is 11.9 Å². The number of carboxylic acid groups (broad SMARTS) is 1. The summed E-state index contributed by atoms with van der Waals surface area (Å²) < 4.78 is 0. The Balaban J connectivity index is 5.58. The molecule has 17 nitrogen and oxygen atoms in total. The average Bonchev–Trinajstić information content (AvgIpc) is 2.84. The highest BCUT2D eigenvalue weighted by Gasteiger charge is 2.30. The molecule has 0 saturated carbocycles. The van der Waals surface area contributed by atoms with Gasteiger partial charge in [0.1, 0.15) is 24.2 Å². The minimum atomic E-state index is -1.52. The van der Waals surface area contributed by atoms with Gasteiger partial charge in [-0.2, -0.15) is 0 Å². The number of nitrogens with two attached hydrogens (primary N) is 4. The van der Waals surface area contributed by atoms with Crippen molar-refractivity contribution in [3.05, 3.63) is 0 Å².